The van der Waals surface area contributed by atoms with Gasteiger partial charge in [-0.05, 0) is 12.5 Å². The summed E-state index contributed by atoms with van der Waals surface area (Å²) in [5.74, 6) is 3.21. The SMILES string of the molecule is CCN(Cc1ccccc1)c1cc(Nc2cc(OC)c(OC)c(OC)c2)ncn1. The fourth-order valence-electron chi connectivity index (χ4n) is 3.05. The minimum Gasteiger partial charge on any atom is -0.493 e. The summed E-state index contributed by atoms with van der Waals surface area (Å²) in [5.41, 5.74) is 2.00. The van der Waals surface area contributed by atoms with Gasteiger partial charge in [0.05, 0.1) is 21.3 Å². The van der Waals surface area contributed by atoms with E-state index in [-0.39, 0.29) is 0 Å². The van der Waals surface area contributed by atoms with Crippen LogP contribution < -0.4 is 24.4 Å². The Hall–Kier alpha value is -3.48. The van der Waals surface area contributed by atoms with Gasteiger partial charge in [0.2, 0.25) is 5.75 Å². The van der Waals surface area contributed by atoms with Crippen molar-refractivity contribution in [2.24, 2.45) is 0 Å². The van der Waals surface area contributed by atoms with Crippen LogP contribution in [0.5, 0.6) is 17.2 Å². The molecule has 0 radical (unpaired) electrons. The molecule has 152 valence electrons. The first-order chi connectivity index (χ1) is 14.2. The molecule has 1 N–H and O–H groups in total. The molecule has 0 amide bonds. The smallest absolute Gasteiger partial charge is 0.203 e. The highest BCUT2D eigenvalue weighted by Gasteiger charge is 2.14. The van der Waals surface area contributed by atoms with Crippen molar-refractivity contribution in [3.63, 3.8) is 0 Å². The van der Waals surface area contributed by atoms with Gasteiger partial charge >= 0.3 is 0 Å². The second kappa shape index (κ2) is 9.64. The quantitative estimate of drug-likeness (QED) is 0.581. The number of benzene rings is 2. The van der Waals surface area contributed by atoms with Crippen LogP contribution in [-0.2, 0) is 6.54 Å². The van der Waals surface area contributed by atoms with Crippen LogP contribution in [-0.4, -0.2) is 37.8 Å². The monoisotopic (exact) mass is 394 g/mol. The summed E-state index contributed by atoms with van der Waals surface area (Å²) in [4.78, 5) is 11.0. The van der Waals surface area contributed by atoms with Gasteiger partial charge in [0, 0.05) is 37.0 Å². The topological polar surface area (TPSA) is 68.7 Å². The lowest BCUT2D eigenvalue weighted by Crippen LogP contribution is -2.23. The first-order valence-electron chi connectivity index (χ1n) is 9.36. The van der Waals surface area contributed by atoms with Gasteiger partial charge in [-0.2, -0.15) is 0 Å². The highest BCUT2D eigenvalue weighted by molar-refractivity contribution is 5.67. The van der Waals surface area contributed by atoms with Crippen molar-refractivity contribution in [2.75, 3.05) is 38.1 Å². The second-order valence-corrected chi connectivity index (χ2v) is 6.30. The molecule has 3 aromatic rings. The van der Waals surface area contributed by atoms with E-state index >= 15 is 0 Å². The van der Waals surface area contributed by atoms with Gasteiger partial charge in [0.15, 0.2) is 11.5 Å². The molecule has 0 saturated heterocycles. The van der Waals surface area contributed by atoms with Crippen LogP contribution in [0.15, 0.2) is 54.9 Å². The lowest BCUT2D eigenvalue weighted by atomic mass is 10.2. The molecular weight excluding hydrogens is 368 g/mol. The van der Waals surface area contributed by atoms with Gasteiger partial charge in [0.1, 0.15) is 18.0 Å². The number of ether oxygens (including phenoxy) is 3. The Morgan fingerprint density at radius 2 is 1.59 bits per heavy atom. The number of hydrogen-bond acceptors (Lipinski definition) is 7. The van der Waals surface area contributed by atoms with Gasteiger partial charge in [-0.3, -0.25) is 0 Å². The fourth-order valence-corrected chi connectivity index (χ4v) is 3.05. The molecule has 0 bridgehead atoms. The van der Waals surface area contributed by atoms with Crippen molar-refractivity contribution < 1.29 is 14.2 Å². The van der Waals surface area contributed by atoms with Gasteiger partial charge in [-0.25, -0.2) is 9.97 Å². The van der Waals surface area contributed by atoms with Crippen LogP contribution in [0.25, 0.3) is 0 Å². The number of nitrogens with one attached hydrogen (secondary N) is 1. The summed E-state index contributed by atoms with van der Waals surface area (Å²) < 4.78 is 16.2. The Morgan fingerprint density at radius 3 is 2.17 bits per heavy atom. The van der Waals surface area contributed by atoms with E-state index in [2.05, 4.69) is 39.2 Å². The van der Waals surface area contributed by atoms with Crippen molar-refractivity contribution in [3.8, 4) is 17.2 Å². The summed E-state index contributed by atoms with van der Waals surface area (Å²) in [7, 11) is 4.76. The zero-order valence-corrected chi connectivity index (χ0v) is 17.2. The zero-order chi connectivity index (χ0) is 20.6. The van der Waals surface area contributed by atoms with Gasteiger partial charge in [0.25, 0.3) is 0 Å². The highest BCUT2D eigenvalue weighted by Crippen LogP contribution is 2.40. The van der Waals surface area contributed by atoms with Crippen molar-refractivity contribution in [1.82, 2.24) is 9.97 Å². The lowest BCUT2D eigenvalue weighted by molar-refractivity contribution is 0.324. The van der Waals surface area contributed by atoms with Crippen LogP contribution in [0.4, 0.5) is 17.3 Å². The number of anilines is 3. The Morgan fingerprint density at radius 1 is 0.897 bits per heavy atom. The lowest BCUT2D eigenvalue weighted by Gasteiger charge is -2.22. The van der Waals surface area contributed by atoms with Crippen molar-refractivity contribution in [3.05, 3.63) is 60.4 Å². The molecule has 0 aliphatic carbocycles. The van der Waals surface area contributed by atoms with Crippen molar-refractivity contribution in [1.29, 1.82) is 0 Å². The number of nitrogens with zero attached hydrogens (tertiary/aromatic N) is 3. The van der Waals surface area contributed by atoms with Crippen LogP contribution in [0.3, 0.4) is 0 Å². The van der Waals surface area contributed by atoms with Gasteiger partial charge in [-0.1, -0.05) is 30.3 Å². The van der Waals surface area contributed by atoms with Crippen molar-refractivity contribution >= 4 is 17.3 Å². The van der Waals surface area contributed by atoms with Crippen LogP contribution in [0, 0.1) is 0 Å². The summed E-state index contributed by atoms with van der Waals surface area (Å²) in [5, 5.41) is 3.29. The predicted octanol–water partition coefficient (Wildman–Crippen LogP) is 4.27. The van der Waals surface area contributed by atoms with Gasteiger partial charge < -0.3 is 24.4 Å². The first-order valence-corrected chi connectivity index (χ1v) is 9.36. The molecule has 0 aliphatic heterocycles. The average Bonchev–Trinajstić information content (AvgIpc) is 2.77. The first kappa shape index (κ1) is 20.3. The Kier molecular flexibility index (Phi) is 6.73. The second-order valence-electron chi connectivity index (χ2n) is 6.30. The maximum absolute atomic E-state index is 5.42. The van der Waals surface area contributed by atoms with Crippen LogP contribution in [0.1, 0.15) is 12.5 Å². The molecule has 1 aromatic heterocycles. The maximum Gasteiger partial charge on any atom is 0.203 e. The number of hydrogen-bond donors (Lipinski definition) is 1. The van der Waals surface area contributed by atoms with Gasteiger partial charge in [-0.15, -0.1) is 0 Å². The molecular formula is C22H26N4O3. The predicted molar refractivity (Wildman–Crippen MR) is 115 cm³/mol. The molecule has 0 spiro atoms. The molecule has 0 saturated carbocycles. The summed E-state index contributed by atoms with van der Waals surface area (Å²) in [6, 6.07) is 15.9. The van der Waals surface area contributed by atoms with E-state index in [4.69, 9.17) is 14.2 Å². The van der Waals surface area contributed by atoms with Crippen molar-refractivity contribution in [2.45, 2.75) is 13.5 Å². The molecule has 0 aliphatic rings. The zero-order valence-electron chi connectivity index (χ0n) is 17.2. The van der Waals surface area contributed by atoms with Crippen LogP contribution in [0.2, 0.25) is 0 Å². The standard InChI is InChI=1S/C22H26N4O3/c1-5-26(14-16-9-7-6-8-10-16)21-13-20(23-15-24-21)25-17-11-18(27-2)22(29-4)19(12-17)28-3/h6-13,15H,5,14H2,1-4H3,(H,23,24,25). The van der Waals surface area contributed by atoms with E-state index in [0.717, 1.165) is 24.6 Å². The van der Waals surface area contributed by atoms with Crippen LogP contribution >= 0.6 is 0 Å². The molecule has 3 rings (SSSR count). The third kappa shape index (κ3) is 4.87. The van der Waals surface area contributed by atoms with E-state index in [1.165, 1.54) is 5.56 Å². The fraction of sp³-hybridized carbons (Fsp3) is 0.273. The molecule has 0 atom stereocenters. The molecule has 1 heterocycles. The minimum absolute atomic E-state index is 0.545. The molecule has 0 unspecified atom stereocenters. The number of methoxy groups -OCH3 is 3. The molecule has 29 heavy (non-hydrogen) atoms. The third-order valence-corrected chi connectivity index (χ3v) is 4.51. The minimum atomic E-state index is 0.545. The molecule has 7 heteroatoms. The number of rotatable bonds is 9. The highest BCUT2D eigenvalue weighted by atomic mass is 16.5. The Bertz CT molecular complexity index is 909. The molecule has 7 nitrogen and oxygen atoms in total. The summed E-state index contributed by atoms with van der Waals surface area (Å²) >= 11 is 0. The Labute approximate surface area is 171 Å². The summed E-state index contributed by atoms with van der Waals surface area (Å²) in [6.07, 6.45) is 1.56. The van der Waals surface area contributed by atoms with E-state index in [1.54, 1.807) is 27.7 Å². The maximum atomic E-state index is 5.42. The van der Waals surface area contributed by atoms with E-state index in [1.807, 2.05) is 36.4 Å². The summed E-state index contributed by atoms with van der Waals surface area (Å²) in [6.45, 7) is 3.71. The third-order valence-electron chi connectivity index (χ3n) is 4.51. The van der Waals surface area contributed by atoms with E-state index in [0.29, 0.717) is 23.1 Å². The molecule has 2 aromatic carbocycles. The largest absolute Gasteiger partial charge is 0.493 e. The molecule has 0 fully saturated rings. The normalized spacial score (nSPS) is 10.3. The Balaban J connectivity index is 1.84. The average molecular weight is 394 g/mol. The number of aromatic nitrogens is 2. The van der Waals surface area contributed by atoms with E-state index in [9.17, 15) is 0 Å². The van der Waals surface area contributed by atoms with E-state index < -0.39 is 0 Å².